The van der Waals surface area contributed by atoms with E-state index in [9.17, 15) is 20.1 Å². The van der Waals surface area contributed by atoms with Gasteiger partial charge >= 0.3 is 5.97 Å². The zero-order chi connectivity index (χ0) is 30.4. The number of carboxylic acid groups (broad SMARTS) is 1. The number of hydrogen-bond donors (Lipinski definition) is 8. The van der Waals surface area contributed by atoms with Gasteiger partial charge in [0.2, 0.25) is 0 Å². The van der Waals surface area contributed by atoms with Crippen molar-refractivity contribution in [3.8, 4) is 0 Å². The topological polar surface area (TPSA) is 171 Å². The average Bonchev–Trinajstić information content (AvgIpc) is 3.56. The third-order valence-electron chi connectivity index (χ3n) is 8.24. The molecule has 0 amide bonds. The molecule has 0 saturated heterocycles. The molecule has 9 heteroatoms. The molecule has 0 aromatic heterocycles. The molecule has 224 valence electrons. The van der Waals surface area contributed by atoms with Gasteiger partial charge in [0.25, 0.3) is 0 Å². The van der Waals surface area contributed by atoms with Crippen LogP contribution in [0, 0.1) is 5.41 Å². The number of rotatable bonds is 10. The molecule has 0 heterocycles. The van der Waals surface area contributed by atoms with E-state index >= 15 is 0 Å². The van der Waals surface area contributed by atoms with Crippen molar-refractivity contribution in [3.05, 3.63) is 112 Å². The predicted octanol–water partition coefficient (Wildman–Crippen LogP) is 1.48. The monoisotopic (exact) mass is 577 g/mol. The number of likely N-dealkylation sites (N-methyl/N-ethyl adjacent to an activating group) is 1. The highest BCUT2D eigenvalue weighted by Crippen LogP contribution is 2.54. The lowest BCUT2D eigenvalue weighted by Gasteiger charge is -2.35. The van der Waals surface area contributed by atoms with Gasteiger partial charge in [0.15, 0.2) is 0 Å². The minimum atomic E-state index is -1.55. The van der Waals surface area contributed by atoms with Gasteiger partial charge in [0.1, 0.15) is 18.3 Å². The van der Waals surface area contributed by atoms with Crippen molar-refractivity contribution in [3.63, 3.8) is 0 Å². The van der Waals surface area contributed by atoms with Crippen LogP contribution in [-0.2, 0) is 19.3 Å². The Balaban J connectivity index is 0.000000266. The van der Waals surface area contributed by atoms with Crippen LogP contribution in [0.1, 0.15) is 44.3 Å². The molecule has 0 spiro atoms. The van der Waals surface area contributed by atoms with Crippen molar-refractivity contribution in [2.45, 2.75) is 49.8 Å². The van der Waals surface area contributed by atoms with Gasteiger partial charge in [-0.1, -0.05) is 72.3 Å². The van der Waals surface area contributed by atoms with Crippen molar-refractivity contribution in [1.29, 1.82) is 0 Å². The highest BCUT2D eigenvalue weighted by atomic mass is 16.4. The molecule has 2 aliphatic rings. The number of benzene rings is 3. The quantitative estimate of drug-likeness (QED) is 0.178. The minimum Gasteiger partial charge on any atom is -0.478 e. The van der Waals surface area contributed by atoms with Crippen LogP contribution in [-0.4, -0.2) is 86.3 Å². The van der Waals surface area contributed by atoms with Crippen LogP contribution < -0.4 is 5.32 Å². The van der Waals surface area contributed by atoms with Crippen molar-refractivity contribution in [2.24, 2.45) is 5.41 Å². The largest absolute Gasteiger partial charge is 0.478 e. The van der Waals surface area contributed by atoms with E-state index in [0.29, 0.717) is 6.42 Å². The zero-order valence-electron chi connectivity index (χ0n) is 23.5. The van der Waals surface area contributed by atoms with E-state index in [0.717, 1.165) is 24.0 Å². The molecule has 8 N–H and O–H groups in total. The van der Waals surface area contributed by atoms with E-state index in [-0.39, 0.29) is 12.1 Å². The maximum Gasteiger partial charge on any atom is 0.335 e. The fourth-order valence-electron chi connectivity index (χ4n) is 5.88. The van der Waals surface area contributed by atoms with E-state index in [1.165, 1.54) is 22.3 Å². The summed E-state index contributed by atoms with van der Waals surface area (Å²) < 4.78 is 0. The first-order valence-electron chi connectivity index (χ1n) is 14.0. The molecule has 0 saturated carbocycles. The number of fused-ring (bicyclic) bond motifs is 2. The molecule has 2 aliphatic carbocycles. The van der Waals surface area contributed by atoms with Gasteiger partial charge in [0.05, 0.1) is 24.4 Å². The molecule has 6 atom stereocenters. The van der Waals surface area contributed by atoms with Crippen LogP contribution in [0.5, 0.6) is 0 Å². The first kappa shape index (κ1) is 31.5. The SMILES string of the molecule is CNC[C@H](O)[C@@H](O)[C@H](O)[C@H](O)CO.O=C(O)c1ccc(C[C@@]2(C3=Cc4ccccc4C3)Cc3ccccc3[C@H]2O)cc1. The number of nitrogens with one attached hydrogen (secondary N) is 1. The molecule has 42 heavy (non-hydrogen) atoms. The molecule has 5 rings (SSSR count). The Kier molecular flexibility index (Phi) is 10.3. The molecule has 3 aromatic rings. The van der Waals surface area contributed by atoms with Gasteiger partial charge < -0.3 is 41.1 Å². The lowest BCUT2D eigenvalue weighted by Crippen LogP contribution is -2.48. The maximum absolute atomic E-state index is 11.5. The van der Waals surface area contributed by atoms with E-state index in [1.54, 1.807) is 19.2 Å². The van der Waals surface area contributed by atoms with Crippen LogP contribution in [0.15, 0.2) is 78.4 Å². The van der Waals surface area contributed by atoms with Crippen molar-refractivity contribution in [2.75, 3.05) is 20.2 Å². The van der Waals surface area contributed by atoms with E-state index in [4.69, 9.17) is 20.4 Å². The molecule has 0 unspecified atom stereocenters. The van der Waals surface area contributed by atoms with Crippen molar-refractivity contribution in [1.82, 2.24) is 5.32 Å². The van der Waals surface area contributed by atoms with Crippen LogP contribution in [0.3, 0.4) is 0 Å². The number of carboxylic acids is 1. The van der Waals surface area contributed by atoms with Gasteiger partial charge in [-0.15, -0.1) is 0 Å². The summed E-state index contributed by atoms with van der Waals surface area (Å²) in [6, 6.07) is 23.6. The normalized spacial score (nSPS) is 21.7. The zero-order valence-corrected chi connectivity index (χ0v) is 23.5. The van der Waals surface area contributed by atoms with Gasteiger partial charge in [-0.2, -0.15) is 0 Å². The molecule has 0 aliphatic heterocycles. The Labute approximate surface area is 245 Å². The average molecular weight is 578 g/mol. The Morgan fingerprint density at radius 1 is 0.905 bits per heavy atom. The number of aliphatic hydroxyl groups is 6. The Hall–Kier alpha value is -3.41. The Morgan fingerprint density at radius 2 is 1.52 bits per heavy atom. The van der Waals surface area contributed by atoms with Crippen molar-refractivity contribution >= 4 is 12.0 Å². The first-order chi connectivity index (χ1) is 20.1. The number of hydrogen-bond acceptors (Lipinski definition) is 8. The Bertz CT molecular complexity index is 1390. The number of aromatic carboxylic acids is 1. The fourth-order valence-corrected chi connectivity index (χ4v) is 5.88. The van der Waals surface area contributed by atoms with E-state index < -0.39 is 48.5 Å². The third kappa shape index (κ3) is 6.63. The van der Waals surface area contributed by atoms with Gasteiger partial charge in [-0.25, -0.2) is 4.79 Å². The van der Waals surface area contributed by atoms with Crippen LogP contribution in [0.4, 0.5) is 0 Å². The third-order valence-corrected chi connectivity index (χ3v) is 8.24. The lowest BCUT2D eigenvalue weighted by atomic mass is 9.70. The summed E-state index contributed by atoms with van der Waals surface area (Å²) >= 11 is 0. The molecule has 0 fully saturated rings. The highest BCUT2D eigenvalue weighted by Gasteiger charge is 2.48. The van der Waals surface area contributed by atoms with Crippen LogP contribution in [0.2, 0.25) is 0 Å². The summed E-state index contributed by atoms with van der Waals surface area (Å²) in [6.07, 6.45) is -1.69. The Morgan fingerprint density at radius 3 is 2.12 bits per heavy atom. The van der Waals surface area contributed by atoms with Crippen molar-refractivity contribution < 1.29 is 40.5 Å². The minimum absolute atomic E-state index is 0.0936. The second-order valence-electron chi connectivity index (χ2n) is 11.0. The molecule has 9 nitrogen and oxygen atoms in total. The highest BCUT2D eigenvalue weighted by molar-refractivity contribution is 5.87. The van der Waals surface area contributed by atoms with Crippen LogP contribution >= 0.6 is 0 Å². The fraction of sp³-hybridized carbons (Fsp3) is 0.364. The number of carbonyl (C=O) groups is 1. The molecule has 3 aromatic carbocycles. The standard InChI is InChI=1S/C26H22O3.C7H17NO5/c27-24-23-8-4-3-7-21(23)16-26(24,15-17-9-11-18(12-10-17)25(28)29)22-13-19-5-1-2-6-20(19)14-22;1-8-2-4(10)6(12)7(13)5(11)3-9/h1-13,24,27H,14-16H2,(H,28,29);4-13H,2-3H2,1H3/t24-,26+;4-,5+,6+,7+/m10/s1. The summed E-state index contributed by atoms with van der Waals surface area (Å²) in [7, 11) is 1.57. The second-order valence-corrected chi connectivity index (χ2v) is 11.0. The van der Waals surface area contributed by atoms with E-state index in [2.05, 4.69) is 41.7 Å². The maximum atomic E-state index is 11.5. The van der Waals surface area contributed by atoms with Gasteiger partial charge in [0, 0.05) is 12.0 Å². The summed E-state index contributed by atoms with van der Waals surface area (Å²) in [5.74, 6) is -0.923. The number of aliphatic hydroxyl groups excluding tert-OH is 6. The summed E-state index contributed by atoms with van der Waals surface area (Å²) in [4.78, 5) is 11.2. The summed E-state index contributed by atoms with van der Waals surface area (Å²) in [5, 5.41) is 68.2. The summed E-state index contributed by atoms with van der Waals surface area (Å²) in [6.45, 7) is -0.569. The molecular weight excluding hydrogens is 538 g/mol. The van der Waals surface area contributed by atoms with Gasteiger partial charge in [-0.3, -0.25) is 0 Å². The lowest BCUT2D eigenvalue weighted by molar-refractivity contribution is -0.113. The molecule has 0 radical (unpaired) electrons. The smallest absolute Gasteiger partial charge is 0.335 e. The second kappa shape index (κ2) is 13.7. The van der Waals surface area contributed by atoms with Gasteiger partial charge in [-0.05, 0) is 66.3 Å². The molecular formula is C33H39NO8. The molecule has 0 bridgehead atoms. The first-order valence-corrected chi connectivity index (χ1v) is 14.0. The van der Waals surface area contributed by atoms with E-state index in [1.807, 2.05) is 30.3 Å². The van der Waals surface area contributed by atoms with Crippen LogP contribution in [0.25, 0.3) is 6.08 Å². The summed E-state index contributed by atoms with van der Waals surface area (Å²) in [5.41, 5.74) is 6.88. The predicted molar refractivity (Wildman–Crippen MR) is 158 cm³/mol.